The third-order valence-electron chi connectivity index (χ3n) is 3.01. The van der Waals surface area contributed by atoms with Gasteiger partial charge in [0.05, 0.1) is 19.3 Å². The molecule has 0 spiro atoms. The number of rotatable bonds is 7. The Kier molecular flexibility index (Phi) is 5.99. The van der Waals surface area contributed by atoms with E-state index in [4.69, 9.17) is 15.2 Å². The van der Waals surface area contributed by atoms with Gasteiger partial charge in [0.15, 0.2) is 0 Å². The summed E-state index contributed by atoms with van der Waals surface area (Å²) < 4.78 is 11.2. The van der Waals surface area contributed by atoms with E-state index in [1.165, 1.54) is 12.8 Å². The molecule has 0 aliphatic rings. The van der Waals surface area contributed by atoms with Gasteiger partial charge in [-0.2, -0.15) is 0 Å². The lowest BCUT2D eigenvalue weighted by molar-refractivity contribution is 0.247. The molecule has 2 atom stereocenters. The third-order valence-corrected chi connectivity index (χ3v) is 3.01. The lowest BCUT2D eigenvalue weighted by Crippen LogP contribution is -2.13. The van der Waals surface area contributed by atoms with Crippen LogP contribution in [-0.4, -0.2) is 13.7 Å². The predicted octanol–water partition coefficient (Wildman–Crippen LogP) is 3.53. The first-order valence-electron chi connectivity index (χ1n) is 6.65. The zero-order valence-electron chi connectivity index (χ0n) is 11.9. The average molecular weight is 251 g/mol. The molecule has 0 saturated heterocycles. The molecule has 1 aromatic carbocycles. The van der Waals surface area contributed by atoms with Crippen molar-refractivity contribution in [3.63, 3.8) is 0 Å². The molecule has 1 unspecified atom stereocenters. The third kappa shape index (κ3) is 3.91. The second-order valence-electron chi connectivity index (χ2n) is 4.87. The molecule has 0 aromatic heterocycles. The Bertz CT molecular complexity index is 364. The number of hydrogen-bond donors (Lipinski definition) is 1. The summed E-state index contributed by atoms with van der Waals surface area (Å²) in [5.74, 6) is 2.19. The number of hydrogen-bond acceptors (Lipinski definition) is 3. The van der Waals surface area contributed by atoms with Crippen molar-refractivity contribution in [2.24, 2.45) is 11.7 Å². The van der Waals surface area contributed by atoms with Gasteiger partial charge in [-0.3, -0.25) is 0 Å². The van der Waals surface area contributed by atoms with Crippen LogP contribution in [0.5, 0.6) is 11.5 Å². The van der Waals surface area contributed by atoms with Crippen LogP contribution in [-0.2, 0) is 0 Å². The molecule has 0 bridgehead atoms. The van der Waals surface area contributed by atoms with Gasteiger partial charge in [-0.05, 0) is 31.4 Å². The summed E-state index contributed by atoms with van der Waals surface area (Å²) >= 11 is 0. The van der Waals surface area contributed by atoms with Crippen LogP contribution in [0.3, 0.4) is 0 Å². The largest absolute Gasteiger partial charge is 0.496 e. The Morgan fingerprint density at radius 1 is 1.22 bits per heavy atom. The molecule has 3 heteroatoms. The van der Waals surface area contributed by atoms with E-state index in [2.05, 4.69) is 13.8 Å². The molecule has 0 heterocycles. The van der Waals surface area contributed by atoms with E-state index in [0.29, 0.717) is 5.92 Å². The molecular weight excluding hydrogens is 226 g/mol. The summed E-state index contributed by atoms with van der Waals surface area (Å²) in [7, 11) is 1.66. The van der Waals surface area contributed by atoms with Crippen LogP contribution in [0.4, 0.5) is 0 Å². The van der Waals surface area contributed by atoms with Crippen molar-refractivity contribution in [2.75, 3.05) is 13.7 Å². The molecule has 102 valence electrons. The second-order valence-corrected chi connectivity index (χ2v) is 4.87. The van der Waals surface area contributed by atoms with Crippen LogP contribution in [0.25, 0.3) is 0 Å². The molecule has 0 fully saturated rings. The quantitative estimate of drug-likeness (QED) is 0.806. The van der Waals surface area contributed by atoms with Crippen molar-refractivity contribution in [1.29, 1.82) is 0 Å². The van der Waals surface area contributed by atoms with Gasteiger partial charge in [-0.15, -0.1) is 0 Å². The summed E-state index contributed by atoms with van der Waals surface area (Å²) in [6.45, 7) is 7.06. The first-order chi connectivity index (χ1) is 8.60. The average Bonchev–Trinajstić information content (AvgIpc) is 2.35. The number of benzene rings is 1. The maximum Gasteiger partial charge on any atom is 0.127 e. The summed E-state index contributed by atoms with van der Waals surface area (Å²) in [4.78, 5) is 0. The standard InChI is InChI=1S/C15H25NO2/c1-5-7-11(2)10-18-14-9-6-8-13(17-4)15(14)12(3)16/h6,8-9,11-12H,5,7,10,16H2,1-4H3/t11?,12-/m1/s1. The number of methoxy groups -OCH3 is 1. The highest BCUT2D eigenvalue weighted by Gasteiger charge is 2.14. The van der Waals surface area contributed by atoms with Crippen LogP contribution >= 0.6 is 0 Å². The van der Waals surface area contributed by atoms with E-state index in [1.54, 1.807) is 7.11 Å². The van der Waals surface area contributed by atoms with Gasteiger partial charge < -0.3 is 15.2 Å². The second kappa shape index (κ2) is 7.27. The molecule has 0 amide bonds. The van der Waals surface area contributed by atoms with Crippen molar-refractivity contribution in [3.8, 4) is 11.5 Å². The molecule has 0 saturated carbocycles. The van der Waals surface area contributed by atoms with E-state index in [0.717, 1.165) is 23.7 Å². The van der Waals surface area contributed by atoms with Gasteiger partial charge in [0.25, 0.3) is 0 Å². The van der Waals surface area contributed by atoms with Crippen LogP contribution in [0, 0.1) is 5.92 Å². The molecule has 1 rings (SSSR count). The van der Waals surface area contributed by atoms with Gasteiger partial charge in [0, 0.05) is 6.04 Å². The van der Waals surface area contributed by atoms with Gasteiger partial charge >= 0.3 is 0 Å². The van der Waals surface area contributed by atoms with Crippen molar-refractivity contribution < 1.29 is 9.47 Å². The van der Waals surface area contributed by atoms with Crippen LogP contribution in [0.2, 0.25) is 0 Å². The molecule has 0 aliphatic heterocycles. The SMILES string of the molecule is CCCC(C)COc1cccc(OC)c1[C@@H](C)N. The zero-order valence-corrected chi connectivity index (χ0v) is 11.9. The monoisotopic (exact) mass is 251 g/mol. The fourth-order valence-electron chi connectivity index (χ4n) is 2.08. The highest BCUT2D eigenvalue weighted by molar-refractivity contribution is 5.46. The van der Waals surface area contributed by atoms with E-state index in [1.807, 2.05) is 25.1 Å². The van der Waals surface area contributed by atoms with Crippen molar-refractivity contribution in [3.05, 3.63) is 23.8 Å². The van der Waals surface area contributed by atoms with Crippen molar-refractivity contribution in [1.82, 2.24) is 0 Å². The first-order valence-corrected chi connectivity index (χ1v) is 6.65. The maximum absolute atomic E-state index is 6.00. The predicted molar refractivity (Wildman–Crippen MR) is 75.2 cm³/mol. The fourth-order valence-corrected chi connectivity index (χ4v) is 2.08. The minimum absolute atomic E-state index is 0.0994. The van der Waals surface area contributed by atoms with Gasteiger partial charge in [0.1, 0.15) is 11.5 Å². The number of nitrogens with two attached hydrogens (primary N) is 1. The fraction of sp³-hybridized carbons (Fsp3) is 0.600. The van der Waals surface area contributed by atoms with Crippen molar-refractivity contribution in [2.45, 2.75) is 39.7 Å². The Morgan fingerprint density at radius 3 is 2.44 bits per heavy atom. The molecule has 0 aliphatic carbocycles. The van der Waals surface area contributed by atoms with Crippen LogP contribution < -0.4 is 15.2 Å². The summed E-state index contributed by atoms with van der Waals surface area (Å²) in [5.41, 5.74) is 6.94. The minimum Gasteiger partial charge on any atom is -0.496 e. The Balaban J connectivity index is 2.81. The molecule has 3 nitrogen and oxygen atoms in total. The topological polar surface area (TPSA) is 44.5 Å². The first kappa shape index (κ1) is 14.8. The van der Waals surface area contributed by atoms with Crippen LogP contribution in [0.1, 0.15) is 45.2 Å². The Hall–Kier alpha value is -1.22. The van der Waals surface area contributed by atoms with E-state index in [9.17, 15) is 0 Å². The highest BCUT2D eigenvalue weighted by atomic mass is 16.5. The van der Waals surface area contributed by atoms with Gasteiger partial charge in [0.2, 0.25) is 0 Å². The maximum atomic E-state index is 6.00. The Morgan fingerprint density at radius 2 is 1.89 bits per heavy atom. The van der Waals surface area contributed by atoms with E-state index >= 15 is 0 Å². The van der Waals surface area contributed by atoms with Crippen molar-refractivity contribution >= 4 is 0 Å². The summed E-state index contributed by atoms with van der Waals surface area (Å²) in [5, 5.41) is 0. The number of ether oxygens (including phenoxy) is 2. The lowest BCUT2D eigenvalue weighted by atomic mass is 10.1. The Labute approximate surface area is 110 Å². The molecule has 18 heavy (non-hydrogen) atoms. The molecular formula is C15H25NO2. The molecule has 1 aromatic rings. The summed E-state index contributed by atoms with van der Waals surface area (Å²) in [6, 6.07) is 5.71. The van der Waals surface area contributed by atoms with E-state index in [-0.39, 0.29) is 6.04 Å². The molecule has 2 N–H and O–H groups in total. The minimum atomic E-state index is -0.0994. The normalized spacial score (nSPS) is 14.1. The molecule has 0 radical (unpaired) electrons. The van der Waals surface area contributed by atoms with Crippen LogP contribution in [0.15, 0.2) is 18.2 Å². The lowest BCUT2D eigenvalue weighted by Gasteiger charge is -2.19. The summed E-state index contributed by atoms with van der Waals surface area (Å²) in [6.07, 6.45) is 2.36. The van der Waals surface area contributed by atoms with Gasteiger partial charge in [-0.1, -0.05) is 26.3 Å². The smallest absolute Gasteiger partial charge is 0.127 e. The zero-order chi connectivity index (χ0) is 13.5. The van der Waals surface area contributed by atoms with Gasteiger partial charge in [-0.25, -0.2) is 0 Å². The highest BCUT2D eigenvalue weighted by Crippen LogP contribution is 2.33. The van der Waals surface area contributed by atoms with E-state index < -0.39 is 0 Å².